The number of nitrogens with one attached hydrogen (secondary N) is 2. The Morgan fingerprint density at radius 3 is 2.18 bits per heavy atom. The summed E-state index contributed by atoms with van der Waals surface area (Å²) in [4.78, 5) is 25.5. The molecular weight excluding hydrogens is 419 g/mol. The Labute approximate surface area is 193 Å². The molecule has 0 aliphatic heterocycles. The summed E-state index contributed by atoms with van der Waals surface area (Å²) in [5.41, 5.74) is 2.93. The molecule has 3 aromatic rings. The van der Waals surface area contributed by atoms with Crippen LogP contribution in [0.1, 0.15) is 64.3 Å². The van der Waals surface area contributed by atoms with E-state index in [1.54, 1.807) is 31.2 Å². The summed E-state index contributed by atoms with van der Waals surface area (Å²) in [7, 11) is 0. The van der Waals surface area contributed by atoms with E-state index < -0.39 is 23.7 Å². The van der Waals surface area contributed by atoms with Crippen LogP contribution in [0.4, 0.5) is 10.1 Å². The second-order valence-electron chi connectivity index (χ2n) is 9.03. The van der Waals surface area contributed by atoms with Gasteiger partial charge in [-0.1, -0.05) is 69.3 Å². The van der Waals surface area contributed by atoms with E-state index in [0.717, 1.165) is 5.56 Å². The quantitative estimate of drug-likeness (QED) is 0.488. The summed E-state index contributed by atoms with van der Waals surface area (Å²) < 4.78 is 14.0. The van der Waals surface area contributed by atoms with Gasteiger partial charge >= 0.3 is 0 Å². The minimum Gasteiger partial charge on any atom is -0.387 e. The van der Waals surface area contributed by atoms with Gasteiger partial charge in [-0.3, -0.25) is 9.59 Å². The van der Waals surface area contributed by atoms with E-state index in [0.29, 0.717) is 16.8 Å². The summed E-state index contributed by atoms with van der Waals surface area (Å²) >= 11 is 0. The first-order valence-corrected chi connectivity index (χ1v) is 10.8. The van der Waals surface area contributed by atoms with Crippen molar-refractivity contribution in [2.45, 2.75) is 39.2 Å². The maximum absolute atomic E-state index is 14.0. The Morgan fingerprint density at radius 1 is 0.909 bits per heavy atom. The maximum Gasteiger partial charge on any atom is 0.258 e. The molecule has 0 saturated heterocycles. The lowest BCUT2D eigenvalue weighted by Gasteiger charge is -2.20. The van der Waals surface area contributed by atoms with Gasteiger partial charge in [0.1, 0.15) is 5.82 Å². The Bertz CT molecular complexity index is 1150. The number of carbonyl (C=O) groups excluding carboxylic acids is 2. The van der Waals surface area contributed by atoms with Crippen LogP contribution in [0.5, 0.6) is 0 Å². The minimum absolute atomic E-state index is 0.00232. The average molecular weight is 449 g/mol. The van der Waals surface area contributed by atoms with Crippen molar-refractivity contribution in [1.82, 2.24) is 5.32 Å². The Kier molecular flexibility index (Phi) is 7.29. The van der Waals surface area contributed by atoms with Crippen molar-refractivity contribution < 1.29 is 19.1 Å². The van der Waals surface area contributed by atoms with Crippen molar-refractivity contribution in [3.8, 4) is 0 Å². The second kappa shape index (κ2) is 9.96. The van der Waals surface area contributed by atoms with Crippen LogP contribution in [-0.4, -0.2) is 23.5 Å². The molecule has 3 aromatic carbocycles. The first-order valence-electron chi connectivity index (χ1n) is 10.8. The third kappa shape index (κ3) is 5.84. The van der Waals surface area contributed by atoms with Gasteiger partial charge in [0, 0.05) is 6.54 Å². The summed E-state index contributed by atoms with van der Waals surface area (Å²) in [6.45, 7) is 8.09. The number of anilines is 1. The molecule has 1 atom stereocenters. The summed E-state index contributed by atoms with van der Waals surface area (Å²) in [5, 5.41) is 15.9. The number of halogens is 1. The zero-order valence-corrected chi connectivity index (χ0v) is 19.3. The number of rotatable bonds is 6. The van der Waals surface area contributed by atoms with E-state index in [9.17, 15) is 19.1 Å². The molecule has 0 spiro atoms. The van der Waals surface area contributed by atoms with Gasteiger partial charge in [0.15, 0.2) is 0 Å². The number of benzene rings is 3. The van der Waals surface area contributed by atoms with E-state index >= 15 is 0 Å². The highest BCUT2D eigenvalue weighted by Crippen LogP contribution is 2.25. The minimum atomic E-state index is -0.885. The molecule has 0 radical (unpaired) electrons. The van der Waals surface area contributed by atoms with Crippen LogP contribution in [0.2, 0.25) is 0 Å². The van der Waals surface area contributed by atoms with E-state index in [4.69, 9.17) is 0 Å². The van der Waals surface area contributed by atoms with Crippen LogP contribution < -0.4 is 10.6 Å². The highest BCUT2D eigenvalue weighted by molar-refractivity contribution is 6.09. The molecule has 0 aromatic heterocycles. The van der Waals surface area contributed by atoms with Gasteiger partial charge in [0.25, 0.3) is 11.8 Å². The summed E-state index contributed by atoms with van der Waals surface area (Å²) in [6, 6.07) is 18.3. The standard InChI is InChI=1S/C27H29FN2O3/c1-17-8-7-10-21(24(17)30-26(33)20-9-5-6-11-22(20)28)25(32)29-16-23(31)18-12-14-19(15-13-18)27(2,3)4/h5-15,23,31H,16H2,1-4H3,(H,29,32)(H,30,33). The van der Waals surface area contributed by atoms with Crippen molar-refractivity contribution in [3.05, 3.63) is 100 Å². The molecule has 3 rings (SSSR count). The van der Waals surface area contributed by atoms with E-state index in [1.807, 2.05) is 24.3 Å². The zero-order chi connectivity index (χ0) is 24.2. The fraction of sp³-hybridized carbons (Fsp3) is 0.259. The van der Waals surface area contributed by atoms with Gasteiger partial charge in [-0.25, -0.2) is 4.39 Å². The number of carbonyl (C=O) groups is 2. The third-order valence-electron chi connectivity index (χ3n) is 5.49. The molecule has 172 valence electrons. The lowest BCUT2D eigenvalue weighted by molar-refractivity contribution is 0.0917. The molecule has 6 heteroatoms. The molecule has 0 fully saturated rings. The highest BCUT2D eigenvalue weighted by atomic mass is 19.1. The van der Waals surface area contributed by atoms with Crippen molar-refractivity contribution in [2.75, 3.05) is 11.9 Å². The lowest BCUT2D eigenvalue weighted by Crippen LogP contribution is -2.29. The monoisotopic (exact) mass is 448 g/mol. The largest absolute Gasteiger partial charge is 0.387 e. The van der Waals surface area contributed by atoms with Crippen LogP contribution >= 0.6 is 0 Å². The molecule has 0 aliphatic rings. The Balaban J connectivity index is 1.72. The van der Waals surface area contributed by atoms with Crippen LogP contribution in [0, 0.1) is 12.7 Å². The molecule has 0 saturated carbocycles. The molecule has 0 heterocycles. The van der Waals surface area contributed by atoms with Crippen molar-refractivity contribution in [1.29, 1.82) is 0 Å². The third-order valence-corrected chi connectivity index (χ3v) is 5.49. The van der Waals surface area contributed by atoms with Crippen molar-refractivity contribution >= 4 is 17.5 Å². The van der Waals surface area contributed by atoms with E-state index in [-0.39, 0.29) is 23.1 Å². The van der Waals surface area contributed by atoms with Gasteiger partial charge in [0.05, 0.1) is 22.9 Å². The predicted molar refractivity (Wildman–Crippen MR) is 128 cm³/mol. The SMILES string of the molecule is Cc1cccc(C(=O)NCC(O)c2ccc(C(C)(C)C)cc2)c1NC(=O)c1ccccc1F. The van der Waals surface area contributed by atoms with Crippen LogP contribution in [0.15, 0.2) is 66.7 Å². The van der Waals surface area contributed by atoms with Crippen LogP contribution in [-0.2, 0) is 5.41 Å². The number of aliphatic hydroxyl groups is 1. The zero-order valence-electron chi connectivity index (χ0n) is 19.3. The van der Waals surface area contributed by atoms with E-state index in [1.165, 1.54) is 18.2 Å². The summed E-state index contributed by atoms with van der Waals surface area (Å²) in [6.07, 6.45) is -0.885. The average Bonchev–Trinajstić information content (AvgIpc) is 2.78. The normalized spacial score (nSPS) is 12.2. The van der Waals surface area contributed by atoms with Crippen molar-refractivity contribution in [2.24, 2.45) is 0 Å². The van der Waals surface area contributed by atoms with Gasteiger partial charge in [-0.2, -0.15) is 0 Å². The molecule has 0 aliphatic carbocycles. The molecule has 0 bridgehead atoms. The molecule has 3 N–H and O–H groups in total. The predicted octanol–water partition coefficient (Wildman–Crippen LogP) is 5.15. The second-order valence-corrected chi connectivity index (χ2v) is 9.03. The van der Waals surface area contributed by atoms with E-state index in [2.05, 4.69) is 31.4 Å². The number of hydrogen-bond donors (Lipinski definition) is 3. The Hall–Kier alpha value is -3.51. The highest BCUT2D eigenvalue weighted by Gasteiger charge is 2.19. The fourth-order valence-corrected chi connectivity index (χ4v) is 3.46. The lowest BCUT2D eigenvalue weighted by atomic mass is 9.86. The fourth-order valence-electron chi connectivity index (χ4n) is 3.46. The summed E-state index contributed by atoms with van der Waals surface area (Å²) in [5.74, 6) is -1.74. The number of hydrogen-bond acceptors (Lipinski definition) is 3. The van der Waals surface area contributed by atoms with Gasteiger partial charge in [0.2, 0.25) is 0 Å². The molecule has 33 heavy (non-hydrogen) atoms. The van der Waals surface area contributed by atoms with Crippen LogP contribution in [0.25, 0.3) is 0 Å². The molecule has 2 amide bonds. The smallest absolute Gasteiger partial charge is 0.258 e. The van der Waals surface area contributed by atoms with Crippen molar-refractivity contribution in [3.63, 3.8) is 0 Å². The van der Waals surface area contributed by atoms with Gasteiger partial charge in [-0.15, -0.1) is 0 Å². The number of aryl methyl sites for hydroxylation is 1. The Morgan fingerprint density at radius 2 is 1.55 bits per heavy atom. The molecule has 1 unspecified atom stereocenters. The van der Waals surface area contributed by atoms with Gasteiger partial charge < -0.3 is 15.7 Å². The first kappa shape index (κ1) is 24.1. The number of para-hydroxylation sites is 1. The topological polar surface area (TPSA) is 78.4 Å². The molecule has 5 nitrogen and oxygen atoms in total. The first-order chi connectivity index (χ1) is 15.6. The number of aliphatic hydroxyl groups excluding tert-OH is 1. The molecular formula is C27H29FN2O3. The maximum atomic E-state index is 14.0. The number of amides is 2. The van der Waals surface area contributed by atoms with Crippen LogP contribution in [0.3, 0.4) is 0 Å². The van der Waals surface area contributed by atoms with Gasteiger partial charge in [-0.05, 0) is 47.2 Å².